The lowest BCUT2D eigenvalue weighted by molar-refractivity contribution is 0.184. The number of fused-ring (bicyclic) bond motifs is 1. The third kappa shape index (κ3) is 4.99. The molecule has 0 amide bonds. The summed E-state index contributed by atoms with van der Waals surface area (Å²) in [7, 11) is 1.95. The van der Waals surface area contributed by atoms with Crippen molar-refractivity contribution < 1.29 is 5.11 Å². The minimum absolute atomic E-state index is 0.406. The van der Waals surface area contributed by atoms with Gasteiger partial charge in [0.25, 0.3) is 0 Å². The first-order valence-electron chi connectivity index (χ1n) is 10.7. The Morgan fingerprint density at radius 1 is 1.27 bits per heavy atom. The average Bonchev–Trinajstić information content (AvgIpc) is 3.34. The Morgan fingerprint density at radius 2 is 2.07 bits per heavy atom. The third-order valence-corrected chi connectivity index (χ3v) is 6.96. The number of nitrogens with zero attached hydrogens (tertiary/aromatic N) is 4. The molecule has 1 atom stereocenters. The summed E-state index contributed by atoms with van der Waals surface area (Å²) >= 11 is 1.64. The number of hydrogen-bond acceptors (Lipinski definition) is 5. The van der Waals surface area contributed by atoms with Crippen molar-refractivity contribution in [2.45, 2.75) is 57.7 Å². The standard InChI is InChI=1S/C22H30N6OS/c1-15-26-27-21(28(15)2)14-24-22(25-17-9-4-3-5-10-17)23-13-18(29)20-12-16-8-6-7-11-19(16)30-20/h6-8,11-12,17-18,29H,3-5,9-10,13-14H2,1-2H3,(H2,23,24,25). The zero-order chi connectivity index (χ0) is 20.9. The molecule has 0 saturated heterocycles. The Balaban J connectivity index is 1.43. The summed E-state index contributed by atoms with van der Waals surface area (Å²) in [5.41, 5.74) is 0. The summed E-state index contributed by atoms with van der Waals surface area (Å²) in [5.74, 6) is 2.42. The molecule has 3 N–H and O–H groups in total. The minimum atomic E-state index is -0.585. The lowest BCUT2D eigenvalue weighted by atomic mass is 9.96. The highest BCUT2D eigenvalue weighted by Gasteiger charge is 2.17. The maximum absolute atomic E-state index is 10.7. The first-order valence-corrected chi connectivity index (χ1v) is 11.5. The van der Waals surface area contributed by atoms with Gasteiger partial charge in [0.2, 0.25) is 0 Å². The van der Waals surface area contributed by atoms with Gasteiger partial charge in [-0.1, -0.05) is 37.5 Å². The number of aliphatic hydroxyl groups is 1. The van der Waals surface area contributed by atoms with Gasteiger partial charge in [0, 0.05) is 29.2 Å². The van der Waals surface area contributed by atoms with Gasteiger partial charge in [-0.3, -0.25) is 0 Å². The van der Waals surface area contributed by atoms with E-state index >= 15 is 0 Å². The van der Waals surface area contributed by atoms with Crippen LogP contribution in [0.5, 0.6) is 0 Å². The van der Waals surface area contributed by atoms with Crippen molar-refractivity contribution in [2.75, 3.05) is 6.54 Å². The van der Waals surface area contributed by atoms with Crippen LogP contribution in [-0.2, 0) is 13.6 Å². The van der Waals surface area contributed by atoms with Gasteiger partial charge in [-0.2, -0.15) is 0 Å². The van der Waals surface area contributed by atoms with Gasteiger partial charge < -0.3 is 20.3 Å². The van der Waals surface area contributed by atoms with E-state index in [1.165, 1.54) is 29.3 Å². The van der Waals surface area contributed by atoms with Gasteiger partial charge in [-0.15, -0.1) is 21.5 Å². The third-order valence-electron chi connectivity index (χ3n) is 5.74. The van der Waals surface area contributed by atoms with Crippen LogP contribution >= 0.6 is 11.3 Å². The van der Waals surface area contributed by atoms with Crippen molar-refractivity contribution in [1.82, 2.24) is 25.4 Å². The highest BCUT2D eigenvalue weighted by molar-refractivity contribution is 7.19. The number of rotatable bonds is 6. The van der Waals surface area contributed by atoms with Gasteiger partial charge >= 0.3 is 0 Å². The second-order valence-electron chi connectivity index (χ2n) is 7.95. The Morgan fingerprint density at radius 3 is 2.80 bits per heavy atom. The van der Waals surface area contributed by atoms with Gasteiger partial charge in [-0.25, -0.2) is 4.99 Å². The van der Waals surface area contributed by atoms with Gasteiger partial charge in [0.05, 0.1) is 0 Å². The fourth-order valence-electron chi connectivity index (χ4n) is 3.79. The molecule has 1 aliphatic rings. The molecule has 30 heavy (non-hydrogen) atoms. The van der Waals surface area contributed by atoms with Crippen molar-refractivity contribution >= 4 is 27.4 Å². The number of aryl methyl sites for hydroxylation is 1. The summed E-state index contributed by atoms with van der Waals surface area (Å²) in [5, 5.41) is 27.1. The van der Waals surface area contributed by atoms with Crippen molar-refractivity contribution in [3.05, 3.63) is 46.9 Å². The molecule has 0 radical (unpaired) electrons. The normalized spacial score (nSPS) is 16.7. The molecule has 2 heterocycles. The van der Waals surface area contributed by atoms with Crippen LogP contribution < -0.4 is 10.6 Å². The number of guanidine groups is 1. The van der Waals surface area contributed by atoms with Crippen LogP contribution in [0.1, 0.15) is 54.7 Å². The number of nitrogens with one attached hydrogen (secondary N) is 2. The van der Waals surface area contributed by atoms with E-state index in [4.69, 9.17) is 4.99 Å². The summed E-state index contributed by atoms with van der Waals surface area (Å²) in [6.07, 6.45) is 5.53. The zero-order valence-corrected chi connectivity index (χ0v) is 18.5. The molecule has 1 unspecified atom stereocenters. The average molecular weight is 427 g/mol. The van der Waals surface area contributed by atoms with Crippen molar-refractivity contribution in [3.8, 4) is 0 Å². The van der Waals surface area contributed by atoms with Gasteiger partial charge in [-0.05, 0) is 37.3 Å². The molecule has 4 rings (SSSR count). The molecule has 1 aliphatic carbocycles. The Kier molecular flexibility index (Phi) is 6.64. The van der Waals surface area contributed by atoms with Crippen molar-refractivity contribution in [1.29, 1.82) is 0 Å². The zero-order valence-electron chi connectivity index (χ0n) is 17.6. The molecule has 2 aromatic heterocycles. The van der Waals surface area contributed by atoms with E-state index in [-0.39, 0.29) is 0 Å². The topological polar surface area (TPSA) is 87.4 Å². The van der Waals surface area contributed by atoms with E-state index in [1.807, 2.05) is 30.7 Å². The van der Waals surface area contributed by atoms with E-state index in [9.17, 15) is 5.11 Å². The summed E-state index contributed by atoms with van der Waals surface area (Å²) in [6, 6.07) is 10.7. The number of hydrogen-bond donors (Lipinski definition) is 3. The molecule has 0 bridgehead atoms. The molecule has 7 nitrogen and oxygen atoms in total. The van der Waals surface area contributed by atoms with E-state index in [1.54, 1.807) is 11.3 Å². The van der Waals surface area contributed by atoms with Gasteiger partial charge in [0.15, 0.2) is 11.8 Å². The predicted molar refractivity (Wildman–Crippen MR) is 122 cm³/mol. The van der Waals surface area contributed by atoms with Crippen LogP contribution in [0.4, 0.5) is 0 Å². The van der Waals surface area contributed by atoms with E-state index in [2.05, 4.69) is 39.0 Å². The van der Waals surface area contributed by atoms with Crippen LogP contribution in [0, 0.1) is 6.92 Å². The molecule has 0 aliphatic heterocycles. The molecule has 1 aromatic carbocycles. The molecule has 3 aromatic rings. The molecule has 1 saturated carbocycles. The number of thiophene rings is 1. The molecule has 0 spiro atoms. The Bertz CT molecular complexity index is 971. The maximum Gasteiger partial charge on any atom is 0.192 e. The summed E-state index contributed by atoms with van der Waals surface area (Å²) < 4.78 is 3.15. The fourth-order valence-corrected chi connectivity index (χ4v) is 4.84. The van der Waals surface area contributed by atoms with Crippen LogP contribution in [0.3, 0.4) is 0 Å². The smallest absolute Gasteiger partial charge is 0.192 e. The molecule has 1 fully saturated rings. The number of aromatic nitrogens is 3. The van der Waals surface area contributed by atoms with Crippen LogP contribution in [0.25, 0.3) is 10.1 Å². The highest BCUT2D eigenvalue weighted by Crippen LogP contribution is 2.29. The second-order valence-corrected chi connectivity index (χ2v) is 9.07. The van der Waals surface area contributed by atoms with Crippen LogP contribution in [0.15, 0.2) is 35.3 Å². The van der Waals surface area contributed by atoms with E-state index < -0.39 is 6.10 Å². The number of aliphatic imine (C=N–C) groups is 1. The highest BCUT2D eigenvalue weighted by atomic mass is 32.1. The number of benzene rings is 1. The lowest BCUT2D eigenvalue weighted by Crippen LogP contribution is -2.45. The van der Waals surface area contributed by atoms with E-state index in [0.717, 1.165) is 35.3 Å². The fraction of sp³-hybridized carbons (Fsp3) is 0.500. The molecule has 8 heteroatoms. The maximum atomic E-state index is 10.7. The quantitative estimate of drug-likeness (QED) is 0.415. The minimum Gasteiger partial charge on any atom is -0.386 e. The summed E-state index contributed by atoms with van der Waals surface area (Å²) in [6.45, 7) is 2.78. The van der Waals surface area contributed by atoms with Crippen molar-refractivity contribution in [3.63, 3.8) is 0 Å². The summed E-state index contributed by atoms with van der Waals surface area (Å²) in [4.78, 5) is 5.70. The SMILES string of the molecule is Cc1nnc(CN=C(NCC(O)c2cc3ccccc3s2)NC2CCCCC2)n1C. The van der Waals surface area contributed by atoms with Crippen LogP contribution in [0.2, 0.25) is 0 Å². The van der Waals surface area contributed by atoms with Gasteiger partial charge in [0.1, 0.15) is 18.5 Å². The van der Waals surface area contributed by atoms with Crippen molar-refractivity contribution in [2.24, 2.45) is 12.0 Å². The second kappa shape index (κ2) is 9.57. The molecular formula is C22H30N6OS. The Hall–Kier alpha value is -2.45. The predicted octanol–water partition coefficient (Wildman–Crippen LogP) is 3.44. The van der Waals surface area contributed by atoms with Crippen LogP contribution in [-0.4, -0.2) is 38.4 Å². The first-order chi connectivity index (χ1) is 14.6. The lowest BCUT2D eigenvalue weighted by Gasteiger charge is -2.25. The first kappa shape index (κ1) is 20.8. The largest absolute Gasteiger partial charge is 0.386 e. The van der Waals surface area contributed by atoms with E-state index in [0.29, 0.717) is 19.1 Å². The monoisotopic (exact) mass is 426 g/mol. The molecular weight excluding hydrogens is 396 g/mol. The Labute approximate surface area is 181 Å². The molecule has 160 valence electrons. The number of aliphatic hydroxyl groups excluding tert-OH is 1.